The maximum absolute atomic E-state index is 12.5. The van der Waals surface area contributed by atoms with Crippen LogP contribution in [0.15, 0.2) is 54.9 Å². The number of benzene rings is 1. The van der Waals surface area contributed by atoms with Gasteiger partial charge in [0.15, 0.2) is 0 Å². The van der Waals surface area contributed by atoms with Crippen LogP contribution in [0.3, 0.4) is 0 Å². The van der Waals surface area contributed by atoms with E-state index in [0.717, 1.165) is 29.9 Å². The van der Waals surface area contributed by atoms with Gasteiger partial charge in [0.2, 0.25) is 0 Å². The number of aromatic nitrogens is 2. The summed E-state index contributed by atoms with van der Waals surface area (Å²) < 4.78 is 0. The number of nitrogens with two attached hydrogens (primary N) is 1. The van der Waals surface area contributed by atoms with Crippen LogP contribution in [-0.4, -0.2) is 40.9 Å². The molecule has 1 amide bonds. The molecule has 0 bridgehead atoms. The summed E-state index contributed by atoms with van der Waals surface area (Å²) >= 11 is 0. The van der Waals surface area contributed by atoms with Crippen molar-refractivity contribution in [2.75, 3.05) is 31.2 Å². The lowest BCUT2D eigenvalue weighted by molar-refractivity contribution is 0.0965. The fourth-order valence-corrected chi connectivity index (χ4v) is 4.28. The Hall–Kier alpha value is -3.71. The number of carbonyl (C=O) groups is 1. The van der Waals surface area contributed by atoms with E-state index >= 15 is 0 Å². The molecule has 1 aromatic carbocycles. The van der Waals surface area contributed by atoms with Crippen LogP contribution in [0.5, 0.6) is 0 Å². The normalized spacial score (nSPS) is 16.5. The molecular formula is C25H25N6O. The van der Waals surface area contributed by atoms with Gasteiger partial charge >= 0.3 is 0 Å². The van der Waals surface area contributed by atoms with E-state index in [2.05, 4.69) is 51.8 Å². The van der Waals surface area contributed by atoms with E-state index in [9.17, 15) is 4.79 Å². The zero-order chi connectivity index (χ0) is 22.1. The zero-order valence-corrected chi connectivity index (χ0v) is 18.0. The van der Waals surface area contributed by atoms with Crippen LogP contribution in [0, 0.1) is 0 Å². The van der Waals surface area contributed by atoms with Gasteiger partial charge in [-0.2, -0.15) is 0 Å². The number of piperidine rings is 1. The second kappa shape index (κ2) is 8.43. The molecule has 32 heavy (non-hydrogen) atoms. The summed E-state index contributed by atoms with van der Waals surface area (Å²) in [5, 5.41) is 7.28. The van der Waals surface area contributed by atoms with Crippen molar-refractivity contribution in [1.82, 2.24) is 20.2 Å². The molecule has 0 saturated carbocycles. The predicted octanol–water partition coefficient (Wildman–Crippen LogP) is 4.01. The van der Waals surface area contributed by atoms with Crippen molar-refractivity contribution in [3.63, 3.8) is 0 Å². The molecule has 0 unspecified atom stereocenters. The SMILES string of the molecule is CN1CCC(c2ccc(Nc3nc(-c4ccc(N)nc4)cc4c3C(=O)[N]C=C4)cc2)CC1. The van der Waals surface area contributed by atoms with Gasteiger partial charge in [0.05, 0.1) is 11.3 Å². The first kappa shape index (κ1) is 20.2. The van der Waals surface area contributed by atoms with E-state index in [0.29, 0.717) is 28.8 Å². The number of nitrogens with one attached hydrogen (secondary N) is 1. The monoisotopic (exact) mass is 425 g/mol. The Balaban J connectivity index is 1.46. The molecule has 0 aliphatic carbocycles. The van der Waals surface area contributed by atoms with Crippen LogP contribution in [-0.2, 0) is 0 Å². The summed E-state index contributed by atoms with van der Waals surface area (Å²) in [7, 11) is 2.17. The molecule has 3 N–H and O–H groups in total. The Bertz CT molecular complexity index is 1160. The van der Waals surface area contributed by atoms with Crippen molar-refractivity contribution < 1.29 is 4.79 Å². The molecule has 0 spiro atoms. The van der Waals surface area contributed by atoms with Gasteiger partial charge in [0.25, 0.3) is 5.91 Å². The van der Waals surface area contributed by atoms with Gasteiger partial charge < -0.3 is 16.0 Å². The fraction of sp³-hybridized carbons (Fsp3) is 0.240. The van der Waals surface area contributed by atoms with Crippen molar-refractivity contribution in [2.45, 2.75) is 18.8 Å². The number of rotatable bonds is 4. The number of carbonyl (C=O) groups excluding carboxylic acids is 1. The quantitative estimate of drug-likeness (QED) is 0.655. The minimum Gasteiger partial charge on any atom is -0.384 e. The van der Waals surface area contributed by atoms with Crippen molar-refractivity contribution in [1.29, 1.82) is 0 Å². The molecule has 161 valence electrons. The summed E-state index contributed by atoms with van der Waals surface area (Å²) in [5.41, 5.74) is 10.7. The molecule has 3 aromatic rings. The Labute approximate surface area is 187 Å². The number of nitrogen functional groups attached to an aromatic ring is 1. The summed E-state index contributed by atoms with van der Waals surface area (Å²) in [5.74, 6) is 1.23. The van der Waals surface area contributed by atoms with Crippen molar-refractivity contribution in [3.8, 4) is 11.3 Å². The molecule has 7 heteroatoms. The van der Waals surface area contributed by atoms with Gasteiger partial charge in [-0.3, -0.25) is 4.79 Å². The molecular weight excluding hydrogens is 400 g/mol. The Morgan fingerprint density at radius 3 is 2.59 bits per heavy atom. The molecule has 1 radical (unpaired) electrons. The molecule has 4 heterocycles. The Morgan fingerprint density at radius 1 is 1.09 bits per heavy atom. The van der Waals surface area contributed by atoms with E-state index in [-0.39, 0.29) is 5.91 Å². The summed E-state index contributed by atoms with van der Waals surface area (Å²) in [6.45, 7) is 2.26. The number of anilines is 3. The van der Waals surface area contributed by atoms with E-state index in [4.69, 9.17) is 10.7 Å². The van der Waals surface area contributed by atoms with Crippen LogP contribution in [0.2, 0.25) is 0 Å². The van der Waals surface area contributed by atoms with E-state index in [1.165, 1.54) is 24.6 Å². The van der Waals surface area contributed by atoms with E-state index in [1.54, 1.807) is 12.3 Å². The molecule has 2 aliphatic rings. The number of pyridine rings is 2. The minimum absolute atomic E-state index is 0.303. The molecule has 7 nitrogen and oxygen atoms in total. The van der Waals surface area contributed by atoms with Crippen molar-refractivity contribution in [2.24, 2.45) is 0 Å². The average molecular weight is 426 g/mol. The van der Waals surface area contributed by atoms with Crippen LogP contribution in [0.4, 0.5) is 17.3 Å². The number of amides is 1. The Morgan fingerprint density at radius 2 is 1.88 bits per heavy atom. The highest BCUT2D eigenvalue weighted by molar-refractivity contribution is 6.05. The second-order valence-corrected chi connectivity index (χ2v) is 8.37. The number of nitrogens with zero attached hydrogens (tertiary/aromatic N) is 4. The lowest BCUT2D eigenvalue weighted by atomic mass is 9.89. The summed E-state index contributed by atoms with van der Waals surface area (Å²) in [6, 6.07) is 13.9. The van der Waals surface area contributed by atoms with E-state index in [1.807, 2.05) is 18.2 Å². The van der Waals surface area contributed by atoms with Crippen LogP contribution in [0.1, 0.15) is 40.2 Å². The fourth-order valence-electron chi connectivity index (χ4n) is 4.28. The standard InChI is InChI=1S/C25H25N6O/c1-31-12-9-17(10-13-31)16-2-5-20(6-3-16)29-24-23-18(8-11-27-25(23)32)14-21(30-24)19-4-7-22(26)28-15-19/h2-8,11,14-15,17H,9-10,12-13H2,1H3,(H2,26,28)(H,29,30). The van der Waals surface area contributed by atoms with Gasteiger partial charge in [-0.25, -0.2) is 15.3 Å². The lowest BCUT2D eigenvalue weighted by Crippen LogP contribution is -2.29. The Kier molecular flexibility index (Phi) is 5.33. The average Bonchev–Trinajstić information content (AvgIpc) is 2.80. The van der Waals surface area contributed by atoms with Gasteiger partial charge in [0.1, 0.15) is 11.6 Å². The predicted molar refractivity (Wildman–Crippen MR) is 127 cm³/mol. The van der Waals surface area contributed by atoms with Crippen molar-refractivity contribution >= 4 is 29.3 Å². The number of likely N-dealkylation sites (tertiary alicyclic amines) is 1. The van der Waals surface area contributed by atoms with Gasteiger partial charge in [-0.05, 0) is 86.4 Å². The third-order valence-electron chi connectivity index (χ3n) is 6.16. The maximum atomic E-state index is 12.5. The summed E-state index contributed by atoms with van der Waals surface area (Å²) in [4.78, 5) is 23.8. The molecule has 1 fully saturated rings. The lowest BCUT2D eigenvalue weighted by Gasteiger charge is -2.29. The highest BCUT2D eigenvalue weighted by atomic mass is 16.1. The van der Waals surface area contributed by atoms with Gasteiger partial charge in [0, 0.05) is 23.6 Å². The highest BCUT2D eigenvalue weighted by Crippen LogP contribution is 2.32. The topological polar surface area (TPSA) is 98.2 Å². The van der Waals surface area contributed by atoms with Crippen LogP contribution >= 0.6 is 0 Å². The molecule has 5 rings (SSSR count). The zero-order valence-electron chi connectivity index (χ0n) is 18.0. The molecule has 1 saturated heterocycles. The first-order valence-corrected chi connectivity index (χ1v) is 10.8. The van der Waals surface area contributed by atoms with Crippen LogP contribution in [0.25, 0.3) is 17.3 Å². The molecule has 2 aliphatic heterocycles. The first-order chi connectivity index (χ1) is 15.6. The van der Waals surface area contributed by atoms with Crippen molar-refractivity contribution in [3.05, 3.63) is 71.6 Å². The molecule has 0 atom stereocenters. The highest BCUT2D eigenvalue weighted by Gasteiger charge is 2.23. The number of hydrogen-bond donors (Lipinski definition) is 2. The first-order valence-electron chi connectivity index (χ1n) is 10.8. The smallest absolute Gasteiger partial charge is 0.281 e. The van der Waals surface area contributed by atoms with Crippen LogP contribution < -0.4 is 16.4 Å². The maximum Gasteiger partial charge on any atom is 0.281 e. The van der Waals surface area contributed by atoms with E-state index < -0.39 is 0 Å². The largest absolute Gasteiger partial charge is 0.384 e. The number of fused-ring (bicyclic) bond motifs is 1. The van der Waals surface area contributed by atoms with Gasteiger partial charge in [-0.15, -0.1) is 0 Å². The molecule has 2 aromatic heterocycles. The minimum atomic E-state index is -0.303. The van der Waals surface area contributed by atoms with Gasteiger partial charge in [-0.1, -0.05) is 12.1 Å². The number of hydrogen-bond acceptors (Lipinski definition) is 6. The third-order valence-corrected chi connectivity index (χ3v) is 6.16. The second-order valence-electron chi connectivity index (χ2n) is 8.37. The third kappa shape index (κ3) is 4.07. The summed E-state index contributed by atoms with van der Waals surface area (Å²) in [6.07, 6.45) is 7.39.